The molecule has 0 aliphatic heterocycles. The summed E-state index contributed by atoms with van der Waals surface area (Å²) in [6.45, 7) is 4.33. The Morgan fingerprint density at radius 1 is 1.31 bits per heavy atom. The lowest BCUT2D eigenvalue weighted by Gasteiger charge is -2.14. The van der Waals surface area contributed by atoms with Crippen molar-refractivity contribution in [3.63, 3.8) is 0 Å². The van der Waals surface area contributed by atoms with E-state index in [4.69, 9.17) is 15.2 Å². The summed E-state index contributed by atoms with van der Waals surface area (Å²) < 4.78 is 10.1. The molecule has 0 bridgehead atoms. The highest BCUT2D eigenvalue weighted by Crippen LogP contribution is 2.26. The fourth-order valence-corrected chi connectivity index (χ4v) is 1.23. The molecule has 1 aromatic rings. The highest BCUT2D eigenvalue weighted by atomic mass is 16.5. The van der Waals surface area contributed by atoms with E-state index < -0.39 is 0 Å². The van der Waals surface area contributed by atoms with Crippen LogP contribution in [0, 0.1) is 0 Å². The van der Waals surface area contributed by atoms with Gasteiger partial charge in [-0.15, -0.1) is 0 Å². The molecule has 1 heterocycles. The zero-order valence-corrected chi connectivity index (χ0v) is 10.1. The molecule has 3 N–H and O–H groups in total. The molecular formula is C10H18N4O2. The Labute approximate surface area is 95.2 Å². The summed E-state index contributed by atoms with van der Waals surface area (Å²) in [4.78, 5) is 8.38. The largest absolute Gasteiger partial charge is 0.479 e. The summed E-state index contributed by atoms with van der Waals surface area (Å²) in [5, 5.41) is 3.13. The maximum atomic E-state index is 5.85. The number of nitrogens with one attached hydrogen (secondary N) is 1. The molecule has 0 saturated carbocycles. The van der Waals surface area contributed by atoms with Gasteiger partial charge in [0.1, 0.15) is 12.3 Å². The van der Waals surface area contributed by atoms with E-state index in [0.29, 0.717) is 29.8 Å². The molecule has 6 heteroatoms. The van der Waals surface area contributed by atoms with Gasteiger partial charge in [-0.3, -0.25) is 0 Å². The Kier molecular flexibility index (Phi) is 4.30. The molecule has 90 valence electrons. The fraction of sp³-hybridized carbons (Fsp3) is 0.600. The van der Waals surface area contributed by atoms with Crippen LogP contribution in [0.2, 0.25) is 0 Å². The molecule has 0 spiro atoms. The van der Waals surface area contributed by atoms with Gasteiger partial charge in [0.2, 0.25) is 5.88 Å². The first-order valence-electron chi connectivity index (χ1n) is 5.04. The number of hydrogen-bond acceptors (Lipinski definition) is 6. The van der Waals surface area contributed by atoms with Crippen LogP contribution in [0.25, 0.3) is 0 Å². The highest BCUT2D eigenvalue weighted by Gasteiger charge is 2.12. The first-order valence-corrected chi connectivity index (χ1v) is 5.04. The molecule has 0 saturated heterocycles. The smallest absolute Gasteiger partial charge is 0.242 e. The van der Waals surface area contributed by atoms with Gasteiger partial charge in [-0.05, 0) is 13.8 Å². The highest BCUT2D eigenvalue weighted by molar-refractivity contribution is 5.67. The topological polar surface area (TPSA) is 82.3 Å². The van der Waals surface area contributed by atoms with Crippen LogP contribution in [0.5, 0.6) is 5.88 Å². The second kappa shape index (κ2) is 5.50. The fourth-order valence-electron chi connectivity index (χ4n) is 1.23. The van der Waals surface area contributed by atoms with E-state index in [0.717, 1.165) is 0 Å². The lowest BCUT2D eigenvalue weighted by atomic mass is 10.3. The first kappa shape index (κ1) is 12.5. The summed E-state index contributed by atoms with van der Waals surface area (Å²) in [5.74, 6) is 1.48. The maximum Gasteiger partial charge on any atom is 0.242 e. The van der Waals surface area contributed by atoms with Gasteiger partial charge in [-0.25, -0.2) is 4.98 Å². The number of rotatable bonds is 5. The third kappa shape index (κ3) is 2.96. The predicted octanol–water partition coefficient (Wildman–Crippen LogP) is 1.03. The minimum atomic E-state index is 0.234. The number of ether oxygens (including phenoxy) is 2. The molecule has 1 aromatic heterocycles. The third-order valence-electron chi connectivity index (χ3n) is 1.85. The number of nitrogen functional groups attached to an aromatic ring is 1. The average molecular weight is 226 g/mol. The van der Waals surface area contributed by atoms with E-state index in [9.17, 15) is 0 Å². The van der Waals surface area contributed by atoms with E-state index in [2.05, 4.69) is 15.3 Å². The summed E-state index contributed by atoms with van der Waals surface area (Å²) in [7, 11) is 3.11. The van der Waals surface area contributed by atoms with E-state index >= 15 is 0 Å². The molecule has 0 aliphatic rings. The van der Waals surface area contributed by atoms with Crippen molar-refractivity contribution in [3.8, 4) is 5.88 Å². The number of nitrogens with zero attached hydrogens (tertiary/aromatic N) is 2. The molecular weight excluding hydrogens is 208 g/mol. The van der Waals surface area contributed by atoms with Gasteiger partial charge in [0.25, 0.3) is 0 Å². The molecule has 16 heavy (non-hydrogen) atoms. The minimum Gasteiger partial charge on any atom is -0.479 e. The van der Waals surface area contributed by atoms with E-state index in [1.165, 1.54) is 7.11 Å². The van der Waals surface area contributed by atoms with Crippen LogP contribution in [-0.2, 0) is 11.3 Å². The predicted molar refractivity (Wildman–Crippen MR) is 62.5 cm³/mol. The second-order valence-electron chi connectivity index (χ2n) is 3.64. The molecule has 0 unspecified atom stereocenters. The summed E-state index contributed by atoms with van der Waals surface area (Å²) >= 11 is 0. The van der Waals surface area contributed by atoms with Crippen LogP contribution >= 0.6 is 0 Å². The molecule has 0 atom stereocenters. The molecule has 0 amide bonds. The molecule has 1 rings (SSSR count). The lowest BCUT2D eigenvalue weighted by Crippen LogP contribution is -2.15. The standard InChI is InChI=1S/C10H18N4O2/c1-6(2)12-9-8(11)10(16-4)14-7(13-9)5-15-3/h6H,5,11H2,1-4H3,(H,12,13,14). The van der Waals surface area contributed by atoms with Gasteiger partial charge < -0.3 is 20.5 Å². The van der Waals surface area contributed by atoms with Crippen molar-refractivity contribution in [1.29, 1.82) is 0 Å². The zero-order valence-electron chi connectivity index (χ0n) is 10.1. The van der Waals surface area contributed by atoms with Gasteiger partial charge in [0.05, 0.1) is 7.11 Å². The van der Waals surface area contributed by atoms with E-state index in [-0.39, 0.29) is 6.04 Å². The quantitative estimate of drug-likeness (QED) is 0.780. The Balaban J connectivity index is 3.08. The van der Waals surface area contributed by atoms with Crippen LogP contribution in [0.4, 0.5) is 11.5 Å². The average Bonchev–Trinajstić information content (AvgIpc) is 2.22. The molecule has 6 nitrogen and oxygen atoms in total. The van der Waals surface area contributed by atoms with Crippen molar-refractivity contribution >= 4 is 11.5 Å². The third-order valence-corrected chi connectivity index (χ3v) is 1.85. The van der Waals surface area contributed by atoms with Crippen LogP contribution in [-0.4, -0.2) is 30.2 Å². The van der Waals surface area contributed by atoms with Gasteiger partial charge >= 0.3 is 0 Å². The van der Waals surface area contributed by atoms with Gasteiger partial charge in [-0.1, -0.05) is 0 Å². The van der Waals surface area contributed by atoms with Gasteiger partial charge in [0, 0.05) is 13.2 Å². The van der Waals surface area contributed by atoms with Gasteiger partial charge in [0.15, 0.2) is 11.6 Å². The molecule has 0 aliphatic carbocycles. The minimum absolute atomic E-state index is 0.234. The Morgan fingerprint density at radius 3 is 2.50 bits per heavy atom. The van der Waals surface area contributed by atoms with Crippen LogP contribution in [0.3, 0.4) is 0 Å². The lowest BCUT2D eigenvalue weighted by molar-refractivity contribution is 0.177. The molecule has 0 aromatic carbocycles. The van der Waals surface area contributed by atoms with Crippen molar-refractivity contribution in [2.75, 3.05) is 25.3 Å². The van der Waals surface area contributed by atoms with Crippen molar-refractivity contribution in [3.05, 3.63) is 5.82 Å². The molecule has 0 fully saturated rings. The zero-order chi connectivity index (χ0) is 12.1. The number of nitrogens with two attached hydrogens (primary N) is 1. The normalized spacial score (nSPS) is 10.6. The first-order chi connectivity index (χ1) is 7.58. The molecule has 0 radical (unpaired) electrons. The maximum absolute atomic E-state index is 5.85. The number of methoxy groups -OCH3 is 2. The van der Waals surface area contributed by atoms with Crippen LogP contribution < -0.4 is 15.8 Å². The summed E-state index contributed by atoms with van der Waals surface area (Å²) in [5.41, 5.74) is 6.27. The number of aromatic nitrogens is 2. The van der Waals surface area contributed by atoms with Gasteiger partial charge in [-0.2, -0.15) is 4.98 Å². The SMILES string of the molecule is COCc1nc(NC(C)C)c(N)c(OC)n1. The monoisotopic (exact) mass is 226 g/mol. The summed E-state index contributed by atoms with van der Waals surface area (Å²) in [6, 6.07) is 0.234. The van der Waals surface area contributed by atoms with Crippen molar-refractivity contribution in [2.45, 2.75) is 26.5 Å². The van der Waals surface area contributed by atoms with Crippen molar-refractivity contribution < 1.29 is 9.47 Å². The van der Waals surface area contributed by atoms with E-state index in [1.807, 2.05) is 13.8 Å². The van der Waals surface area contributed by atoms with Crippen molar-refractivity contribution in [1.82, 2.24) is 9.97 Å². The summed E-state index contributed by atoms with van der Waals surface area (Å²) in [6.07, 6.45) is 0. The van der Waals surface area contributed by atoms with Crippen LogP contribution in [0.15, 0.2) is 0 Å². The van der Waals surface area contributed by atoms with E-state index in [1.54, 1.807) is 7.11 Å². The Bertz CT molecular complexity index is 355. The Morgan fingerprint density at radius 2 is 2.00 bits per heavy atom. The number of hydrogen-bond donors (Lipinski definition) is 2. The Hall–Kier alpha value is -1.56. The van der Waals surface area contributed by atoms with Crippen molar-refractivity contribution in [2.24, 2.45) is 0 Å². The van der Waals surface area contributed by atoms with Crippen LogP contribution in [0.1, 0.15) is 19.7 Å². The second-order valence-corrected chi connectivity index (χ2v) is 3.64. The number of anilines is 2.